The summed E-state index contributed by atoms with van der Waals surface area (Å²) < 4.78 is 33.4. The number of benzene rings is 1. The van der Waals surface area contributed by atoms with Gasteiger partial charge in [0, 0.05) is 12.1 Å². The van der Waals surface area contributed by atoms with Gasteiger partial charge in [-0.25, -0.2) is 0 Å². The van der Waals surface area contributed by atoms with Gasteiger partial charge in [0.25, 0.3) is 5.91 Å². The third kappa shape index (κ3) is 4.90. The molecule has 2 saturated carbocycles. The number of rotatable bonds is 7. The van der Waals surface area contributed by atoms with Crippen molar-refractivity contribution >= 4 is 17.6 Å². The van der Waals surface area contributed by atoms with Crippen molar-refractivity contribution in [1.82, 2.24) is 0 Å². The van der Waals surface area contributed by atoms with Crippen molar-refractivity contribution in [3.63, 3.8) is 0 Å². The third-order valence-corrected chi connectivity index (χ3v) is 5.04. The highest BCUT2D eigenvalue weighted by Gasteiger charge is 2.40. The van der Waals surface area contributed by atoms with E-state index in [-0.39, 0.29) is 18.3 Å². The fourth-order valence-electron chi connectivity index (χ4n) is 3.96. The van der Waals surface area contributed by atoms with Crippen LogP contribution in [0.1, 0.15) is 32.1 Å². The average molecular weight is 353 g/mol. The number of hydrogen-bond donors (Lipinski definition) is 1. The van der Waals surface area contributed by atoms with Crippen LogP contribution >= 0.6 is 0 Å². The van der Waals surface area contributed by atoms with Crippen LogP contribution in [0, 0.1) is 17.8 Å². The highest BCUT2D eigenvalue weighted by atomic mass is 19.3. The van der Waals surface area contributed by atoms with E-state index in [4.69, 9.17) is 4.74 Å². The summed E-state index contributed by atoms with van der Waals surface area (Å²) in [6, 6.07) is 5.52. The Balaban J connectivity index is 1.38. The molecule has 0 aliphatic heterocycles. The molecule has 1 amide bonds. The molecule has 5 nitrogen and oxygen atoms in total. The second kappa shape index (κ2) is 7.80. The number of alkyl halides is 2. The van der Waals surface area contributed by atoms with Gasteiger partial charge < -0.3 is 14.8 Å². The summed E-state index contributed by atoms with van der Waals surface area (Å²) in [5.41, 5.74) is 0.413. The van der Waals surface area contributed by atoms with E-state index in [1.165, 1.54) is 43.5 Å². The lowest BCUT2D eigenvalue weighted by molar-refractivity contribution is -0.148. The number of carbonyl (C=O) groups excluding carboxylic acids is 2. The number of esters is 1. The third-order valence-electron chi connectivity index (χ3n) is 5.04. The van der Waals surface area contributed by atoms with Crippen LogP contribution in [-0.4, -0.2) is 25.1 Å². The van der Waals surface area contributed by atoms with Crippen LogP contribution in [0.25, 0.3) is 0 Å². The number of amides is 1. The van der Waals surface area contributed by atoms with Gasteiger partial charge in [-0.2, -0.15) is 8.78 Å². The van der Waals surface area contributed by atoms with Crippen molar-refractivity contribution in [1.29, 1.82) is 0 Å². The van der Waals surface area contributed by atoms with Crippen LogP contribution in [0.5, 0.6) is 5.75 Å². The Kier molecular flexibility index (Phi) is 5.50. The maximum atomic E-state index is 12.1. The summed E-state index contributed by atoms with van der Waals surface area (Å²) in [6.45, 7) is -3.25. The summed E-state index contributed by atoms with van der Waals surface area (Å²) in [5, 5.41) is 2.54. The molecule has 0 heterocycles. The van der Waals surface area contributed by atoms with Gasteiger partial charge in [-0.05, 0) is 61.3 Å². The van der Waals surface area contributed by atoms with Gasteiger partial charge in [0.2, 0.25) is 0 Å². The molecule has 3 rings (SSSR count). The number of fused-ring (bicyclic) bond motifs is 2. The molecule has 3 unspecified atom stereocenters. The van der Waals surface area contributed by atoms with Crippen molar-refractivity contribution in [3.05, 3.63) is 24.3 Å². The fraction of sp³-hybridized carbons (Fsp3) is 0.556. The van der Waals surface area contributed by atoms with Crippen LogP contribution in [0.15, 0.2) is 24.3 Å². The summed E-state index contributed by atoms with van der Waals surface area (Å²) in [7, 11) is 0. The molecular weight excluding hydrogens is 332 g/mol. The maximum absolute atomic E-state index is 12.1. The van der Waals surface area contributed by atoms with Crippen LogP contribution < -0.4 is 10.1 Å². The molecule has 7 heteroatoms. The zero-order valence-electron chi connectivity index (χ0n) is 13.8. The van der Waals surface area contributed by atoms with E-state index < -0.39 is 12.5 Å². The minimum atomic E-state index is -2.89. The molecule has 2 aliphatic rings. The van der Waals surface area contributed by atoms with E-state index in [0.717, 1.165) is 12.3 Å². The molecule has 2 aliphatic carbocycles. The van der Waals surface area contributed by atoms with E-state index in [0.29, 0.717) is 23.9 Å². The van der Waals surface area contributed by atoms with Gasteiger partial charge in [-0.1, -0.05) is 6.42 Å². The standard InChI is InChI=1S/C18H21F2NO4/c19-18(20)25-15-5-3-14(4-6-15)21-16(22)10-24-17(23)9-13-8-11-1-2-12(13)7-11/h3-6,11-13,18H,1-2,7-10H2,(H,21,22). The lowest BCUT2D eigenvalue weighted by Crippen LogP contribution is -2.23. The quantitative estimate of drug-likeness (QED) is 0.761. The predicted octanol–water partition coefficient (Wildman–Crippen LogP) is 3.60. The Morgan fingerprint density at radius 1 is 1.16 bits per heavy atom. The normalized spacial score (nSPS) is 24.4. The molecule has 3 atom stereocenters. The number of hydrogen-bond acceptors (Lipinski definition) is 4. The van der Waals surface area contributed by atoms with Gasteiger partial charge >= 0.3 is 12.6 Å². The van der Waals surface area contributed by atoms with Crippen LogP contribution in [0.2, 0.25) is 0 Å². The topological polar surface area (TPSA) is 64.6 Å². The zero-order chi connectivity index (χ0) is 17.8. The Labute approximate surface area is 144 Å². The van der Waals surface area contributed by atoms with E-state index in [9.17, 15) is 18.4 Å². The number of anilines is 1. The molecule has 25 heavy (non-hydrogen) atoms. The second-order valence-electron chi connectivity index (χ2n) is 6.75. The van der Waals surface area contributed by atoms with Crippen molar-refractivity contribution < 1.29 is 27.8 Å². The largest absolute Gasteiger partial charge is 0.456 e. The maximum Gasteiger partial charge on any atom is 0.387 e. The van der Waals surface area contributed by atoms with E-state index in [2.05, 4.69) is 10.1 Å². The van der Waals surface area contributed by atoms with Crippen molar-refractivity contribution in [2.45, 2.75) is 38.7 Å². The first kappa shape index (κ1) is 17.6. The molecule has 2 fully saturated rings. The van der Waals surface area contributed by atoms with Crippen LogP contribution in [0.4, 0.5) is 14.5 Å². The zero-order valence-corrected chi connectivity index (χ0v) is 13.8. The van der Waals surface area contributed by atoms with Crippen molar-refractivity contribution in [3.8, 4) is 5.75 Å². The van der Waals surface area contributed by atoms with Gasteiger partial charge in [-0.3, -0.25) is 9.59 Å². The number of ether oxygens (including phenoxy) is 2. The molecule has 1 aromatic rings. The Hall–Kier alpha value is -2.18. The molecule has 0 radical (unpaired) electrons. The first-order chi connectivity index (χ1) is 12.0. The summed E-state index contributed by atoms with van der Waals surface area (Å²) >= 11 is 0. The van der Waals surface area contributed by atoms with Crippen molar-refractivity contribution in [2.75, 3.05) is 11.9 Å². The minimum Gasteiger partial charge on any atom is -0.456 e. The number of halogens is 2. The molecular formula is C18H21F2NO4. The molecule has 2 bridgehead atoms. The summed E-state index contributed by atoms with van der Waals surface area (Å²) in [5.74, 6) is 1.00. The smallest absolute Gasteiger partial charge is 0.387 e. The molecule has 136 valence electrons. The second-order valence-corrected chi connectivity index (χ2v) is 6.75. The highest BCUT2D eigenvalue weighted by Crippen LogP contribution is 2.49. The first-order valence-electron chi connectivity index (χ1n) is 8.50. The van der Waals surface area contributed by atoms with Gasteiger partial charge in [0.1, 0.15) is 5.75 Å². The Morgan fingerprint density at radius 2 is 1.92 bits per heavy atom. The van der Waals surface area contributed by atoms with Gasteiger partial charge in [0.15, 0.2) is 6.61 Å². The molecule has 0 aromatic heterocycles. The number of carbonyl (C=O) groups is 2. The highest BCUT2D eigenvalue weighted by molar-refractivity contribution is 5.92. The molecule has 1 N–H and O–H groups in total. The predicted molar refractivity (Wildman–Crippen MR) is 86.2 cm³/mol. The van der Waals surface area contributed by atoms with E-state index in [1.807, 2.05) is 0 Å². The Morgan fingerprint density at radius 3 is 2.52 bits per heavy atom. The van der Waals surface area contributed by atoms with Crippen molar-refractivity contribution in [2.24, 2.45) is 17.8 Å². The molecule has 1 aromatic carbocycles. The van der Waals surface area contributed by atoms with Crippen LogP contribution in [-0.2, 0) is 14.3 Å². The summed E-state index contributed by atoms with van der Waals surface area (Å²) in [4.78, 5) is 23.7. The molecule has 0 spiro atoms. The lowest BCUT2D eigenvalue weighted by atomic mass is 9.86. The van der Waals surface area contributed by atoms with E-state index >= 15 is 0 Å². The fourth-order valence-corrected chi connectivity index (χ4v) is 3.96. The first-order valence-corrected chi connectivity index (χ1v) is 8.50. The average Bonchev–Trinajstić information content (AvgIpc) is 3.17. The number of nitrogens with one attached hydrogen (secondary N) is 1. The minimum absolute atomic E-state index is 0.00490. The lowest BCUT2D eigenvalue weighted by Gasteiger charge is -2.20. The van der Waals surface area contributed by atoms with Gasteiger partial charge in [-0.15, -0.1) is 0 Å². The van der Waals surface area contributed by atoms with Gasteiger partial charge in [0.05, 0.1) is 0 Å². The monoisotopic (exact) mass is 353 g/mol. The van der Waals surface area contributed by atoms with Crippen LogP contribution in [0.3, 0.4) is 0 Å². The SMILES string of the molecule is O=C(COC(=O)CC1CC2CCC1C2)Nc1ccc(OC(F)F)cc1. The Bertz CT molecular complexity index is 620. The van der Waals surface area contributed by atoms with E-state index in [1.54, 1.807) is 0 Å². The summed E-state index contributed by atoms with van der Waals surface area (Å²) in [6.07, 6.45) is 5.19. The molecule has 0 saturated heterocycles.